The van der Waals surface area contributed by atoms with Gasteiger partial charge in [0.25, 0.3) is 0 Å². The van der Waals surface area contributed by atoms with Gasteiger partial charge < -0.3 is 20.2 Å². The molecule has 0 saturated carbocycles. The standard InChI is InChI=1S/C18H23N5O/c24-15-7-11-23(13-15)17-5-8-19-18(21-17)20-9-12-22-10-6-14-3-1-2-4-16(14)22/h1-5,8,15,24H,6-7,9-13H2,(H,19,20,21)/t15-/m1/s1. The van der Waals surface area contributed by atoms with Crippen molar-refractivity contribution in [2.75, 3.05) is 47.8 Å². The smallest absolute Gasteiger partial charge is 0.224 e. The van der Waals surface area contributed by atoms with Gasteiger partial charge in [0.05, 0.1) is 6.10 Å². The van der Waals surface area contributed by atoms with Crippen LogP contribution in [0.4, 0.5) is 17.5 Å². The lowest BCUT2D eigenvalue weighted by molar-refractivity contribution is 0.198. The molecule has 1 saturated heterocycles. The SMILES string of the molecule is O[C@@H]1CCN(c2ccnc(NCCN3CCc4ccccc43)n2)C1. The van der Waals surface area contributed by atoms with E-state index in [0.717, 1.165) is 44.8 Å². The number of β-amino-alcohol motifs (C(OH)–C–C–N with tert-alkyl or cyclic N) is 1. The van der Waals surface area contributed by atoms with Gasteiger partial charge in [-0.25, -0.2) is 4.98 Å². The Morgan fingerprint density at radius 1 is 1.21 bits per heavy atom. The summed E-state index contributed by atoms with van der Waals surface area (Å²) in [6.45, 7) is 4.32. The maximum absolute atomic E-state index is 9.67. The normalized spacial score (nSPS) is 19.6. The predicted molar refractivity (Wildman–Crippen MR) is 95.7 cm³/mol. The molecule has 0 bridgehead atoms. The average molecular weight is 325 g/mol. The van der Waals surface area contributed by atoms with Crippen LogP contribution in [-0.4, -0.2) is 53.9 Å². The van der Waals surface area contributed by atoms with Crippen LogP contribution >= 0.6 is 0 Å². The summed E-state index contributed by atoms with van der Waals surface area (Å²) in [6.07, 6.45) is 3.47. The minimum absolute atomic E-state index is 0.244. The Balaban J connectivity index is 1.34. The van der Waals surface area contributed by atoms with E-state index in [0.29, 0.717) is 12.5 Å². The number of hydrogen-bond donors (Lipinski definition) is 2. The molecule has 2 aliphatic heterocycles. The Morgan fingerprint density at radius 2 is 2.12 bits per heavy atom. The maximum atomic E-state index is 9.67. The Kier molecular flexibility index (Phi) is 4.21. The van der Waals surface area contributed by atoms with Crippen molar-refractivity contribution in [1.29, 1.82) is 0 Å². The number of para-hydroxylation sites is 1. The number of nitrogens with one attached hydrogen (secondary N) is 1. The monoisotopic (exact) mass is 325 g/mol. The fourth-order valence-corrected chi connectivity index (χ4v) is 3.50. The molecule has 0 radical (unpaired) electrons. The van der Waals surface area contributed by atoms with Crippen LogP contribution in [0.5, 0.6) is 0 Å². The summed E-state index contributed by atoms with van der Waals surface area (Å²) < 4.78 is 0. The number of aliphatic hydroxyl groups excluding tert-OH is 1. The number of aliphatic hydroxyl groups is 1. The number of anilines is 3. The molecular formula is C18H23N5O. The highest BCUT2D eigenvalue weighted by molar-refractivity contribution is 5.57. The van der Waals surface area contributed by atoms with Crippen molar-refractivity contribution in [3.8, 4) is 0 Å². The number of aromatic nitrogens is 2. The van der Waals surface area contributed by atoms with Crippen molar-refractivity contribution in [1.82, 2.24) is 9.97 Å². The van der Waals surface area contributed by atoms with Gasteiger partial charge in [0.2, 0.25) is 5.95 Å². The van der Waals surface area contributed by atoms with E-state index in [4.69, 9.17) is 0 Å². The first-order valence-corrected chi connectivity index (χ1v) is 8.62. The third-order valence-corrected chi connectivity index (χ3v) is 4.78. The van der Waals surface area contributed by atoms with Gasteiger partial charge in [-0.1, -0.05) is 18.2 Å². The third kappa shape index (κ3) is 3.14. The van der Waals surface area contributed by atoms with Gasteiger partial charge in [0.15, 0.2) is 0 Å². The molecule has 4 rings (SSSR count). The van der Waals surface area contributed by atoms with Gasteiger partial charge >= 0.3 is 0 Å². The van der Waals surface area contributed by atoms with Crippen LogP contribution in [0.3, 0.4) is 0 Å². The first-order chi connectivity index (χ1) is 11.8. The van der Waals surface area contributed by atoms with E-state index in [1.165, 1.54) is 11.3 Å². The third-order valence-electron chi connectivity index (χ3n) is 4.78. The topological polar surface area (TPSA) is 64.5 Å². The molecule has 0 unspecified atom stereocenters. The van der Waals surface area contributed by atoms with Crippen molar-refractivity contribution >= 4 is 17.5 Å². The number of rotatable bonds is 5. The van der Waals surface area contributed by atoms with Gasteiger partial charge in [0.1, 0.15) is 5.82 Å². The van der Waals surface area contributed by atoms with E-state index in [1.54, 1.807) is 6.20 Å². The van der Waals surface area contributed by atoms with E-state index in [-0.39, 0.29) is 6.10 Å². The molecule has 1 aromatic carbocycles. The molecule has 0 spiro atoms. The van der Waals surface area contributed by atoms with Gasteiger partial charge in [-0.2, -0.15) is 4.98 Å². The molecule has 2 aliphatic rings. The first-order valence-electron chi connectivity index (χ1n) is 8.62. The second-order valence-corrected chi connectivity index (χ2v) is 6.42. The molecule has 0 amide bonds. The molecule has 1 fully saturated rings. The Hall–Kier alpha value is -2.34. The molecular weight excluding hydrogens is 302 g/mol. The maximum Gasteiger partial charge on any atom is 0.224 e. The Labute approximate surface area is 142 Å². The minimum Gasteiger partial charge on any atom is -0.391 e. The van der Waals surface area contributed by atoms with Gasteiger partial charge in [-0.15, -0.1) is 0 Å². The molecule has 0 aliphatic carbocycles. The molecule has 6 heteroatoms. The highest BCUT2D eigenvalue weighted by Crippen LogP contribution is 2.26. The Morgan fingerprint density at radius 3 is 3.00 bits per heavy atom. The lowest BCUT2D eigenvalue weighted by atomic mass is 10.2. The summed E-state index contributed by atoms with van der Waals surface area (Å²) >= 11 is 0. The molecule has 1 aromatic heterocycles. The number of nitrogens with zero attached hydrogens (tertiary/aromatic N) is 4. The zero-order chi connectivity index (χ0) is 16.4. The number of hydrogen-bond acceptors (Lipinski definition) is 6. The average Bonchev–Trinajstić information content (AvgIpc) is 3.22. The summed E-state index contributed by atoms with van der Waals surface area (Å²) in [7, 11) is 0. The van der Waals surface area contributed by atoms with E-state index >= 15 is 0 Å². The van der Waals surface area contributed by atoms with Crippen LogP contribution in [0.1, 0.15) is 12.0 Å². The highest BCUT2D eigenvalue weighted by Gasteiger charge is 2.21. The second-order valence-electron chi connectivity index (χ2n) is 6.42. The zero-order valence-electron chi connectivity index (χ0n) is 13.7. The molecule has 2 N–H and O–H groups in total. The predicted octanol–water partition coefficient (Wildman–Crippen LogP) is 1.52. The van der Waals surface area contributed by atoms with Gasteiger partial charge in [0, 0.05) is 44.6 Å². The highest BCUT2D eigenvalue weighted by atomic mass is 16.3. The van der Waals surface area contributed by atoms with Crippen LogP contribution in [0.25, 0.3) is 0 Å². The largest absolute Gasteiger partial charge is 0.391 e. The van der Waals surface area contributed by atoms with Gasteiger partial charge in [-0.05, 0) is 30.5 Å². The fraction of sp³-hybridized carbons (Fsp3) is 0.444. The molecule has 2 aromatic rings. The van der Waals surface area contributed by atoms with E-state index in [2.05, 4.69) is 49.4 Å². The zero-order valence-corrected chi connectivity index (χ0v) is 13.7. The van der Waals surface area contributed by atoms with Crippen molar-refractivity contribution in [3.63, 3.8) is 0 Å². The van der Waals surface area contributed by atoms with Crippen molar-refractivity contribution in [2.45, 2.75) is 18.9 Å². The molecule has 126 valence electrons. The van der Waals surface area contributed by atoms with Gasteiger partial charge in [-0.3, -0.25) is 0 Å². The fourth-order valence-electron chi connectivity index (χ4n) is 3.50. The summed E-state index contributed by atoms with van der Waals surface area (Å²) in [5.41, 5.74) is 2.78. The molecule has 1 atom stereocenters. The quantitative estimate of drug-likeness (QED) is 0.869. The van der Waals surface area contributed by atoms with E-state index < -0.39 is 0 Å². The van der Waals surface area contributed by atoms with Crippen LogP contribution in [0, 0.1) is 0 Å². The van der Waals surface area contributed by atoms with Crippen molar-refractivity contribution in [3.05, 3.63) is 42.1 Å². The van der Waals surface area contributed by atoms with Crippen molar-refractivity contribution < 1.29 is 5.11 Å². The second kappa shape index (κ2) is 6.65. The number of fused-ring (bicyclic) bond motifs is 1. The first kappa shape index (κ1) is 15.2. The van der Waals surface area contributed by atoms with Crippen LogP contribution in [-0.2, 0) is 6.42 Å². The lowest BCUT2D eigenvalue weighted by Crippen LogP contribution is -2.28. The van der Waals surface area contributed by atoms with Crippen LogP contribution < -0.4 is 15.1 Å². The van der Waals surface area contributed by atoms with Crippen LogP contribution in [0.15, 0.2) is 36.5 Å². The lowest BCUT2D eigenvalue weighted by Gasteiger charge is -2.20. The van der Waals surface area contributed by atoms with E-state index in [1.807, 2.05) is 6.07 Å². The summed E-state index contributed by atoms with van der Waals surface area (Å²) in [5, 5.41) is 13.0. The molecule has 24 heavy (non-hydrogen) atoms. The Bertz CT molecular complexity index is 707. The van der Waals surface area contributed by atoms with Crippen LogP contribution in [0.2, 0.25) is 0 Å². The van der Waals surface area contributed by atoms with E-state index in [9.17, 15) is 5.11 Å². The number of benzene rings is 1. The molecule has 6 nitrogen and oxygen atoms in total. The van der Waals surface area contributed by atoms with Crippen molar-refractivity contribution in [2.24, 2.45) is 0 Å². The minimum atomic E-state index is -0.244. The summed E-state index contributed by atoms with van der Waals surface area (Å²) in [5.74, 6) is 1.54. The summed E-state index contributed by atoms with van der Waals surface area (Å²) in [6, 6.07) is 10.5. The molecule has 3 heterocycles. The summed E-state index contributed by atoms with van der Waals surface area (Å²) in [4.78, 5) is 13.4.